The Balaban J connectivity index is 2.24. The second-order valence-electron chi connectivity index (χ2n) is 7.54. The summed E-state index contributed by atoms with van der Waals surface area (Å²) in [6.45, 7) is 10.8. The third kappa shape index (κ3) is 5.93. The quantitative estimate of drug-likeness (QED) is 0.622. The van der Waals surface area contributed by atoms with E-state index in [1.807, 2.05) is 36.3 Å². The molecule has 1 unspecified atom stereocenters. The molecule has 1 N–H and O–H groups in total. The molecule has 2 rings (SSSR count). The number of amides is 1. The first kappa shape index (κ1) is 22.7. The number of carbonyl (C=O) groups excluding carboxylic acids is 1. The average molecular weight is 425 g/mol. The number of benzene rings is 1. The number of ether oxygens (including phenoxy) is 1. The van der Waals surface area contributed by atoms with Gasteiger partial charge in [-0.15, -0.1) is 11.3 Å². The normalized spacial score (nSPS) is 12.5. The van der Waals surface area contributed by atoms with Crippen molar-refractivity contribution in [3.05, 3.63) is 44.9 Å². The summed E-state index contributed by atoms with van der Waals surface area (Å²) in [5.74, 6) is 1.04. The van der Waals surface area contributed by atoms with Crippen molar-refractivity contribution in [2.45, 2.75) is 60.4 Å². The molecule has 28 heavy (non-hydrogen) atoms. The molecule has 0 saturated heterocycles. The molecule has 1 aromatic carbocycles. The summed E-state index contributed by atoms with van der Waals surface area (Å²) >= 11 is 7.67. The molecule has 0 bridgehead atoms. The zero-order valence-corrected chi connectivity index (χ0v) is 18.7. The van der Waals surface area contributed by atoms with Crippen LogP contribution < -0.4 is 4.74 Å². The highest BCUT2D eigenvalue weighted by Crippen LogP contribution is 2.28. The summed E-state index contributed by atoms with van der Waals surface area (Å²) in [6.07, 6.45) is 0. The average Bonchev–Trinajstić information content (AvgIpc) is 3.12. The first-order valence-electron chi connectivity index (χ1n) is 9.48. The number of hydrogen-bond donors (Lipinski definition) is 1. The van der Waals surface area contributed by atoms with Crippen LogP contribution in [0.4, 0.5) is 0 Å². The van der Waals surface area contributed by atoms with Crippen LogP contribution in [0.1, 0.15) is 50.9 Å². The fourth-order valence-corrected chi connectivity index (χ4v) is 3.63. The number of aliphatic hydroxyl groups excluding tert-OH is 1. The molecule has 0 radical (unpaired) electrons. The van der Waals surface area contributed by atoms with Gasteiger partial charge in [-0.1, -0.05) is 39.3 Å². The lowest BCUT2D eigenvalue weighted by Crippen LogP contribution is -2.43. The highest BCUT2D eigenvalue weighted by Gasteiger charge is 2.26. The van der Waals surface area contributed by atoms with E-state index < -0.39 is 0 Å². The molecule has 0 spiro atoms. The van der Waals surface area contributed by atoms with Crippen LogP contribution in [0.25, 0.3) is 0 Å². The van der Waals surface area contributed by atoms with Gasteiger partial charge in [0.2, 0.25) is 5.91 Å². The van der Waals surface area contributed by atoms with Crippen molar-refractivity contribution in [3.8, 4) is 5.75 Å². The fraction of sp³-hybridized carbons (Fsp3) is 0.524. The molecule has 0 fully saturated rings. The molecule has 5 nitrogen and oxygen atoms in total. The van der Waals surface area contributed by atoms with Gasteiger partial charge < -0.3 is 14.7 Å². The number of aromatic nitrogens is 1. The van der Waals surface area contributed by atoms with Crippen molar-refractivity contribution in [2.24, 2.45) is 11.8 Å². The molecule has 0 aliphatic carbocycles. The van der Waals surface area contributed by atoms with E-state index >= 15 is 0 Å². The second-order valence-corrected chi connectivity index (χ2v) is 8.92. The van der Waals surface area contributed by atoms with Gasteiger partial charge in [0.1, 0.15) is 17.4 Å². The molecule has 1 heterocycles. The summed E-state index contributed by atoms with van der Waals surface area (Å²) in [6, 6.07) is 5.55. The molecule has 7 heteroatoms. The SMILES string of the molecule is CC(C)C(=O)N(Cc1cc(Cl)ccc1OCc1nc(CO)cs1)C(C)C(C)C. The van der Waals surface area contributed by atoms with Crippen LogP contribution >= 0.6 is 22.9 Å². The molecule has 1 aromatic heterocycles. The van der Waals surface area contributed by atoms with Crippen molar-refractivity contribution in [3.63, 3.8) is 0 Å². The predicted octanol–water partition coefficient (Wildman–Crippen LogP) is 4.90. The molecule has 0 aliphatic heterocycles. The number of carbonyl (C=O) groups is 1. The summed E-state index contributed by atoms with van der Waals surface area (Å²) in [7, 11) is 0. The fourth-order valence-electron chi connectivity index (χ4n) is 2.74. The van der Waals surface area contributed by atoms with Crippen LogP contribution in [-0.2, 0) is 24.6 Å². The Morgan fingerprint density at radius 2 is 2.00 bits per heavy atom. The maximum Gasteiger partial charge on any atom is 0.225 e. The van der Waals surface area contributed by atoms with Gasteiger partial charge in [-0.05, 0) is 31.0 Å². The highest BCUT2D eigenvalue weighted by molar-refractivity contribution is 7.09. The first-order chi connectivity index (χ1) is 13.2. The van der Waals surface area contributed by atoms with E-state index in [4.69, 9.17) is 21.4 Å². The standard InChI is InChI=1S/C21H29ClN2O3S/c1-13(2)15(5)24(21(26)14(3)4)9-16-8-17(22)6-7-19(16)27-11-20-23-18(10-25)12-28-20/h6-8,12-15,25H,9-11H2,1-5H3. The minimum atomic E-state index is -0.0861. The molecule has 1 amide bonds. The summed E-state index contributed by atoms with van der Waals surface area (Å²) in [4.78, 5) is 19.0. The number of hydrogen-bond acceptors (Lipinski definition) is 5. The van der Waals surface area contributed by atoms with Crippen molar-refractivity contribution >= 4 is 28.8 Å². The topological polar surface area (TPSA) is 62.7 Å². The van der Waals surface area contributed by atoms with E-state index in [9.17, 15) is 4.79 Å². The van der Waals surface area contributed by atoms with Crippen LogP contribution in [0.3, 0.4) is 0 Å². The Morgan fingerprint density at radius 1 is 1.29 bits per heavy atom. The summed E-state index contributed by atoms with van der Waals surface area (Å²) in [5.41, 5.74) is 1.51. The van der Waals surface area contributed by atoms with Gasteiger partial charge in [0.25, 0.3) is 0 Å². The maximum absolute atomic E-state index is 12.8. The number of rotatable bonds is 9. The minimum Gasteiger partial charge on any atom is -0.486 e. The van der Waals surface area contributed by atoms with Crippen LogP contribution in [0.5, 0.6) is 5.75 Å². The number of halogens is 1. The van der Waals surface area contributed by atoms with Crippen molar-refractivity contribution in [1.29, 1.82) is 0 Å². The summed E-state index contributed by atoms with van der Waals surface area (Å²) < 4.78 is 5.99. The van der Waals surface area contributed by atoms with Crippen molar-refractivity contribution < 1.29 is 14.6 Å². The molecule has 2 aromatic rings. The third-order valence-electron chi connectivity index (χ3n) is 4.71. The lowest BCUT2D eigenvalue weighted by Gasteiger charge is -2.34. The molecule has 0 aliphatic rings. The zero-order chi connectivity index (χ0) is 20.8. The van der Waals surface area contributed by atoms with Gasteiger partial charge in [0, 0.05) is 34.5 Å². The van der Waals surface area contributed by atoms with E-state index in [-0.39, 0.29) is 24.5 Å². The first-order valence-corrected chi connectivity index (χ1v) is 10.7. The van der Waals surface area contributed by atoms with Crippen molar-refractivity contribution in [1.82, 2.24) is 9.88 Å². The van der Waals surface area contributed by atoms with E-state index in [1.165, 1.54) is 11.3 Å². The van der Waals surface area contributed by atoms with Crippen LogP contribution in [0.15, 0.2) is 23.6 Å². The summed E-state index contributed by atoms with van der Waals surface area (Å²) in [5, 5.41) is 12.4. The molecular weight excluding hydrogens is 396 g/mol. The Labute approximate surface area is 176 Å². The van der Waals surface area contributed by atoms with Gasteiger partial charge in [-0.2, -0.15) is 0 Å². The smallest absolute Gasteiger partial charge is 0.225 e. The Morgan fingerprint density at radius 3 is 2.57 bits per heavy atom. The van der Waals surface area contributed by atoms with E-state index in [2.05, 4.69) is 25.8 Å². The molecule has 154 valence electrons. The maximum atomic E-state index is 12.8. The highest BCUT2D eigenvalue weighted by atomic mass is 35.5. The number of thiazole rings is 1. The van der Waals surface area contributed by atoms with E-state index in [0.717, 1.165) is 10.6 Å². The third-order valence-corrected chi connectivity index (χ3v) is 5.82. The van der Waals surface area contributed by atoms with Gasteiger partial charge in [0.15, 0.2) is 0 Å². The molecular formula is C21H29ClN2O3S. The van der Waals surface area contributed by atoms with Crippen LogP contribution in [0, 0.1) is 11.8 Å². The second kappa shape index (κ2) is 10.2. The minimum absolute atomic E-state index is 0.0813. The van der Waals surface area contributed by atoms with Gasteiger partial charge in [-0.3, -0.25) is 4.79 Å². The predicted molar refractivity (Wildman–Crippen MR) is 114 cm³/mol. The largest absolute Gasteiger partial charge is 0.486 e. The van der Waals surface area contributed by atoms with Crippen molar-refractivity contribution in [2.75, 3.05) is 0 Å². The lowest BCUT2D eigenvalue weighted by atomic mass is 10.0. The monoisotopic (exact) mass is 424 g/mol. The lowest BCUT2D eigenvalue weighted by molar-refractivity contribution is -0.138. The number of aliphatic hydroxyl groups is 1. The van der Waals surface area contributed by atoms with Gasteiger partial charge in [-0.25, -0.2) is 4.98 Å². The Kier molecular flexibility index (Phi) is 8.28. The zero-order valence-electron chi connectivity index (χ0n) is 17.1. The van der Waals surface area contributed by atoms with E-state index in [1.54, 1.807) is 6.07 Å². The Hall–Kier alpha value is -1.63. The van der Waals surface area contributed by atoms with Crippen LogP contribution in [-0.4, -0.2) is 26.9 Å². The van der Waals surface area contributed by atoms with Crippen LogP contribution in [0.2, 0.25) is 5.02 Å². The molecule has 0 saturated carbocycles. The van der Waals surface area contributed by atoms with Gasteiger partial charge in [0.05, 0.1) is 12.3 Å². The van der Waals surface area contributed by atoms with Gasteiger partial charge >= 0.3 is 0 Å². The molecule has 1 atom stereocenters. The van der Waals surface area contributed by atoms with E-state index in [0.29, 0.717) is 35.5 Å². The Bertz CT molecular complexity index is 792. The number of nitrogens with zero attached hydrogens (tertiary/aromatic N) is 2.